The van der Waals surface area contributed by atoms with E-state index in [1.54, 1.807) is 0 Å². The highest BCUT2D eigenvalue weighted by atomic mass is 16.5. The van der Waals surface area contributed by atoms with Gasteiger partial charge in [0.05, 0.1) is 17.6 Å². The molecule has 1 aromatic carbocycles. The predicted molar refractivity (Wildman–Crippen MR) is 61.5 cm³/mol. The molecule has 0 amide bonds. The maximum Gasteiger partial charge on any atom is 0.183 e. The fourth-order valence-corrected chi connectivity index (χ4v) is 2.38. The van der Waals surface area contributed by atoms with Gasteiger partial charge in [-0.3, -0.25) is 4.79 Å². The number of fused-ring (bicyclic) bond motifs is 3. The van der Waals surface area contributed by atoms with Crippen molar-refractivity contribution in [1.29, 1.82) is 0 Å². The van der Waals surface area contributed by atoms with E-state index in [-0.39, 0.29) is 12.0 Å². The third-order valence-corrected chi connectivity index (χ3v) is 3.04. The minimum absolute atomic E-state index is 0.118. The van der Waals surface area contributed by atoms with Gasteiger partial charge in [-0.1, -0.05) is 18.2 Å². The summed E-state index contributed by atoms with van der Waals surface area (Å²) in [6.45, 7) is 2.58. The van der Waals surface area contributed by atoms with Crippen molar-refractivity contribution in [3.05, 3.63) is 36.0 Å². The first-order valence-electron chi connectivity index (χ1n) is 5.56. The Morgan fingerprint density at radius 2 is 2.25 bits per heavy atom. The second-order valence-corrected chi connectivity index (χ2v) is 4.00. The zero-order valence-electron chi connectivity index (χ0n) is 9.14. The summed E-state index contributed by atoms with van der Waals surface area (Å²) in [7, 11) is 0. The Balaban J connectivity index is 2.22. The Kier molecular flexibility index (Phi) is 2.07. The first-order valence-corrected chi connectivity index (χ1v) is 5.56. The second kappa shape index (κ2) is 3.46. The van der Waals surface area contributed by atoms with E-state index in [9.17, 15) is 4.79 Å². The van der Waals surface area contributed by atoms with Gasteiger partial charge in [0.2, 0.25) is 0 Å². The Labute approximate surface area is 93.6 Å². The highest BCUT2D eigenvalue weighted by Crippen LogP contribution is 2.33. The van der Waals surface area contributed by atoms with E-state index in [2.05, 4.69) is 0 Å². The third-order valence-electron chi connectivity index (χ3n) is 3.04. The summed E-state index contributed by atoms with van der Waals surface area (Å²) >= 11 is 0. The molecule has 16 heavy (non-hydrogen) atoms. The largest absolute Gasteiger partial charge is 0.358 e. The van der Waals surface area contributed by atoms with E-state index in [1.165, 1.54) is 0 Å². The van der Waals surface area contributed by atoms with Gasteiger partial charge < -0.3 is 9.30 Å². The lowest BCUT2D eigenvalue weighted by atomic mass is 10.2. The van der Waals surface area contributed by atoms with Gasteiger partial charge in [0.15, 0.2) is 5.78 Å². The quantitative estimate of drug-likeness (QED) is 0.771. The lowest BCUT2D eigenvalue weighted by Gasteiger charge is -2.13. The van der Waals surface area contributed by atoms with Crippen molar-refractivity contribution in [2.75, 3.05) is 6.61 Å². The first-order chi connectivity index (χ1) is 7.81. The number of benzene rings is 1. The summed E-state index contributed by atoms with van der Waals surface area (Å²) in [6, 6.07) is 9.98. The number of aromatic nitrogens is 1. The molecule has 1 aromatic heterocycles. The van der Waals surface area contributed by atoms with Crippen LogP contribution in [0.5, 0.6) is 0 Å². The maximum atomic E-state index is 11.8. The van der Waals surface area contributed by atoms with Gasteiger partial charge >= 0.3 is 0 Å². The van der Waals surface area contributed by atoms with Crippen LogP contribution in [-0.2, 0) is 4.74 Å². The third kappa shape index (κ3) is 1.21. The van der Waals surface area contributed by atoms with Crippen LogP contribution in [0, 0.1) is 0 Å². The van der Waals surface area contributed by atoms with Crippen molar-refractivity contribution in [2.45, 2.75) is 19.6 Å². The molecule has 3 heteroatoms. The molecule has 0 fully saturated rings. The Morgan fingerprint density at radius 3 is 3.06 bits per heavy atom. The van der Waals surface area contributed by atoms with Crippen LogP contribution in [-0.4, -0.2) is 17.0 Å². The summed E-state index contributed by atoms with van der Waals surface area (Å²) in [5.41, 5.74) is 1.86. The summed E-state index contributed by atoms with van der Waals surface area (Å²) < 4.78 is 7.62. The minimum Gasteiger partial charge on any atom is -0.358 e. The molecule has 0 spiro atoms. The van der Waals surface area contributed by atoms with Crippen LogP contribution in [0.1, 0.15) is 30.1 Å². The number of ketones is 1. The first kappa shape index (κ1) is 9.60. The van der Waals surface area contributed by atoms with Crippen molar-refractivity contribution in [3.63, 3.8) is 0 Å². The summed E-state index contributed by atoms with van der Waals surface area (Å²) in [6.07, 6.45) is 0.348. The average Bonchev–Trinajstić information content (AvgIpc) is 2.79. The number of hydrogen-bond donors (Lipinski definition) is 0. The van der Waals surface area contributed by atoms with Crippen molar-refractivity contribution in [1.82, 2.24) is 4.57 Å². The highest BCUT2D eigenvalue weighted by Gasteiger charge is 2.30. The summed E-state index contributed by atoms with van der Waals surface area (Å²) in [4.78, 5) is 11.8. The number of para-hydroxylation sites is 1. The number of ether oxygens (including phenoxy) is 1. The van der Waals surface area contributed by atoms with Gasteiger partial charge in [0.25, 0.3) is 0 Å². The molecule has 1 aliphatic rings. The molecule has 2 aromatic rings. The topological polar surface area (TPSA) is 31.2 Å². The molecule has 3 nitrogen and oxygen atoms in total. The van der Waals surface area contributed by atoms with Crippen LogP contribution in [0.25, 0.3) is 10.9 Å². The molecule has 0 N–H and O–H groups in total. The molecule has 0 unspecified atom stereocenters. The summed E-state index contributed by atoms with van der Waals surface area (Å²) in [5, 5.41) is 1.11. The normalized spacial score (nSPS) is 19.3. The van der Waals surface area contributed by atoms with Gasteiger partial charge in [-0.2, -0.15) is 0 Å². The molecule has 1 aliphatic heterocycles. The van der Waals surface area contributed by atoms with Gasteiger partial charge in [0.1, 0.15) is 6.23 Å². The van der Waals surface area contributed by atoms with E-state index < -0.39 is 0 Å². The van der Waals surface area contributed by atoms with Gasteiger partial charge in [-0.15, -0.1) is 0 Å². The van der Waals surface area contributed by atoms with Crippen molar-refractivity contribution >= 4 is 16.7 Å². The molecular formula is C13H13NO2. The fourth-order valence-electron chi connectivity index (χ4n) is 2.38. The van der Waals surface area contributed by atoms with Crippen LogP contribution < -0.4 is 0 Å². The van der Waals surface area contributed by atoms with E-state index in [0.29, 0.717) is 13.0 Å². The highest BCUT2D eigenvalue weighted by molar-refractivity contribution is 6.02. The Bertz CT molecular complexity index is 556. The number of nitrogens with zero attached hydrogens (tertiary/aromatic N) is 1. The smallest absolute Gasteiger partial charge is 0.183 e. The van der Waals surface area contributed by atoms with E-state index in [1.807, 2.05) is 41.8 Å². The molecule has 1 atom stereocenters. The number of hydrogen-bond acceptors (Lipinski definition) is 2. The van der Waals surface area contributed by atoms with Crippen molar-refractivity contribution in [2.24, 2.45) is 0 Å². The van der Waals surface area contributed by atoms with Crippen LogP contribution in [0.4, 0.5) is 0 Å². The standard InChI is InChI=1S/C13H13NO2/c1-2-16-13-8-12(15)11-7-9-5-3-4-6-10(9)14(11)13/h3-7,13H,2,8H2,1H3/t13-/m1/s1. The van der Waals surface area contributed by atoms with Crippen LogP contribution in [0.2, 0.25) is 0 Å². The molecule has 0 radical (unpaired) electrons. The van der Waals surface area contributed by atoms with Crippen molar-refractivity contribution in [3.8, 4) is 0 Å². The van der Waals surface area contributed by atoms with Crippen LogP contribution in [0.3, 0.4) is 0 Å². The van der Waals surface area contributed by atoms with Crippen LogP contribution in [0.15, 0.2) is 30.3 Å². The van der Waals surface area contributed by atoms with E-state index in [4.69, 9.17) is 4.74 Å². The second-order valence-electron chi connectivity index (χ2n) is 4.00. The Hall–Kier alpha value is -1.61. The number of rotatable bonds is 2. The molecule has 82 valence electrons. The fraction of sp³-hybridized carbons (Fsp3) is 0.308. The molecule has 0 bridgehead atoms. The lowest BCUT2D eigenvalue weighted by molar-refractivity contribution is 0.0200. The monoisotopic (exact) mass is 215 g/mol. The number of Topliss-reactive ketones (excluding diaryl/α,β-unsaturated/α-hetero) is 1. The van der Waals surface area contributed by atoms with Gasteiger partial charge in [0, 0.05) is 12.0 Å². The van der Waals surface area contributed by atoms with Gasteiger partial charge in [-0.05, 0) is 19.1 Å². The SMILES string of the molecule is CCO[C@@H]1CC(=O)c2cc3ccccc3n21. The van der Waals surface area contributed by atoms with Crippen molar-refractivity contribution < 1.29 is 9.53 Å². The molecule has 2 heterocycles. The van der Waals surface area contributed by atoms with E-state index >= 15 is 0 Å². The van der Waals surface area contributed by atoms with Crippen LogP contribution >= 0.6 is 0 Å². The molecule has 0 saturated carbocycles. The van der Waals surface area contributed by atoms with E-state index in [0.717, 1.165) is 16.6 Å². The summed E-state index contributed by atoms with van der Waals surface area (Å²) in [5.74, 6) is 0.176. The number of carbonyl (C=O) groups is 1. The Morgan fingerprint density at radius 1 is 1.44 bits per heavy atom. The average molecular weight is 215 g/mol. The minimum atomic E-state index is -0.118. The molecular weight excluding hydrogens is 202 g/mol. The van der Waals surface area contributed by atoms with Gasteiger partial charge in [-0.25, -0.2) is 0 Å². The zero-order valence-corrected chi connectivity index (χ0v) is 9.14. The lowest BCUT2D eigenvalue weighted by Crippen LogP contribution is -2.07. The predicted octanol–water partition coefficient (Wildman–Crippen LogP) is 2.76. The number of carbonyl (C=O) groups excluding carboxylic acids is 1. The molecule has 0 saturated heterocycles. The zero-order chi connectivity index (χ0) is 11.1. The molecule has 3 rings (SSSR count). The molecule has 0 aliphatic carbocycles. The maximum absolute atomic E-state index is 11.8.